The molecule has 0 fully saturated rings. The summed E-state index contributed by atoms with van der Waals surface area (Å²) in [5, 5.41) is 0. The molecule has 2 N–H and O–H groups in total. The lowest BCUT2D eigenvalue weighted by molar-refractivity contribution is 1.13. The Labute approximate surface area is 71.1 Å². The highest BCUT2D eigenvalue weighted by molar-refractivity contribution is 5.45. The maximum atomic E-state index is 5.55. The van der Waals surface area contributed by atoms with Gasteiger partial charge in [-0.2, -0.15) is 0 Å². The SMILES string of the molecule is CC.Nc1cnc2cnccn12. The van der Waals surface area contributed by atoms with E-state index < -0.39 is 0 Å². The number of nitrogens with zero attached hydrogens (tertiary/aromatic N) is 3. The minimum atomic E-state index is 0.636. The molecule has 4 heteroatoms. The molecule has 0 atom stereocenters. The van der Waals surface area contributed by atoms with E-state index in [0.29, 0.717) is 5.82 Å². The molecule has 0 aliphatic rings. The lowest BCUT2D eigenvalue weighted by atomic mass is 10.7. The van der Waals surface area contributed by atoms with Crippen LogP contribution in [-0.2, 0) is 0 Å². The quantitative estimate of drug-likeness (QED) is 0.639. The summed E-state index contributed by atoms with van der Waals surface area (Å²) in [7, 11) is 0. The number of rotatable bonds is 0. The summed E-state index contributed by atoms with van der Waals surface area (Å²) in [5.74, 6) is 0.636. The van der Waals surface area contributed by atoms with Gasteiger partial charge in [0.05, 0.1) is 12.4 Å². The number of aromatic nitrogens is 3. The highest BCUT2D eigenvalue weighted by atomic mass is 15.1. The first kappa shape index (κ1) is 8.52. The van der Waals surface area contributed by atoms with Crippen molar-refractivity contribution in [1.29, 1.82) is 0 Å². The minimum Gasteiger partial charge on any atom is -0.383 e. The molecule has 12 heavy (non-hydrogen) atoms. The Kier molecular flexibility index (Phi) is 2.63. The van der Waals surface area contributed by atoms with Crippen LogP contribution in [0.5, 0.6) is 0 Å². The van der Waals surface area contributed by atoms with Crippen LogP contribution in [0, 0.1) is 0 Å². The van der Waals surface area contributed by atoms with Crippen LogP contribution in [0.25, 0.3) is 5.65 Å². The Bertz CT molecular complexity index is 353. The van der Waals surface area contributed by atoms with Crippen LogP contribution >= 0.6 is 0 Å². The minimum absolute atomic E-state index is 0.636. The van der Waals surface area contributed by atoms with Gasteiger partial charge in [-0.1, -0.05) is 13.8 Å². The second kappa shape index (κ2) is 3.71. The zero-order valence-electron chi connectivity index (χ0n) is 7.23. The van der Waals surface area contributed by atoms with E-state index in [2.05, 4.69) is 9.97 Å². The summed E-state index contributed by atoms with van der Waals surface area (Å²) in [6.45, 7) is 4.00. The molecular formula is C8H12N4. The zero-order chi connectivity index (χ0) is 8.97. The Morgan fingerprint density at radius 1 is 1.33 bits per heavy atom. The van der Waals surface area contributed by atoms with E-state index in [1.807, 2.05) is 13.8 Å². The van der Waals surface area contributed by atoms with E-state index in [9.17, 15) is 0 Å². The highest BCUT2D eigenvalue weighted by Crippen LogP contribution is 2.04. The molecule has 4 nitrogen and oxygen atoms in total. The van der Waals surface area contributed by atoms with E-state index >= 15 is 0 Å². The van der Waals surface area contributed by atoms with Gasteiger partial charge in [0, 0.05) is 12.4 Å². The van der Waals surface area contributed by atoms with Gasteiger partial charge in [-0.3, -0.25) is 9.38 Å². The van der Waals surface area contributed by atoms with E-state index in [4.69, 9.17) is 5.73 Å². The molecule has 64 valence electrons. The second-order valence-corrected chi connectivity index (χ2v) is 1.99. The molecule has 2 rings (SSSR count). The number of hydrogen-bond acceptors (Lipinski definition) is 3. The number of fused-ring (bicyclic) bond motifs is 1. The van der Waals surface area contributed by atoms with Crippen LogP contribution in [0.4, 0.5) is 5.82 Å². The third-order valence-corrected chi connectivity index (χ3v) is 1.35. The fraction of sp³-hybridized carbons (Fsp3) is 0.250. The van der Waals surface area contributed by atoms with Gasteiger partial charge in [0.1, 0.15) is 5.82 Å². The predicted molar refractivity (Wildman–Crippen MR) is 48.7 cm³/mol. The van der Waals surface area contributed by atoms with Crippen LogP contribution in [0.3, 0.4) is 0 Å². The topological polar surface area (TPSA) is 56.2 Å². The third kappa shape index (κ3) is 1.37. The first-order valence-electron chi connectivity index (χ1n) is 3.90. The van der Waals surface area contributed by atoms with Crippen molar-refractivity contribution in [3.63, 3.8) is 0 Å². The number of anilines is 1. The van der Waals surface area contributed by atoms with E-state index in [0.717, 1.165) is 5.65 Å². The third-order valence-electron chi connectivity index (χ3n) is 1.35. The van der Waals surface area contributed by atoms with E-state index in [1.165, 1.54) is 0 Å². The highest BCUT2D eigenvalue weighted by Gasteiger charge is 1.94. The van der Waals surface area contributed by atoms with Gasteiger partial charge in [-0.15, -0.1) is 0 Å². The molecule has 0 saturated heterocycles. The molecule has 0 aliphatic carbocycles. The smallest absolute Gasteiger partial charge is 0.156 e. The maximum absolute atomic E-state index is 5.55. The van der Waals surface area contributed by atoms with Crippen molar-refractivity contribution in [1.82, 2.24) is 14.4 Å². The van der Waals surface area contributed by atoms with Crippen LogP contribution in [0.15, 0.2) is 24.8 Å². The van der Waals surface area contributed by atoms with Crippen LogP contribution in [0.1, 0.15) is 13.8 Å². The standard InChI is InChI=1S/C6H6N4.C2H6/c7-5-3-9-6-4-8-1-2-10(5)6;1-2/h1-4H,7H2;1-2H3. The average molecular weight is 164 g/mol. The molecule has 0 unspecified atom stereocenters. The van der Waals surface area contributed by atoms with Crippen LogP contribution in [-0.4, -0.2) is 14.4 Å². The first-order chi connectivity index (χ1) is 5.88. The first-order valence-corrected chi connectivity index (χ1v) is 3.90. The number of hydrogen-bond donors (Lipinski definition) is 1. The van der Waals surface area contributed by atoms with E-state index in [1.54, 1.807) is 29.2 Å². The van der Waals surface area contributed by atoms with Gasteiger partial charge in [-0.05, 0) is 0 Å². The van der Waals surface area contributed by atoms with Gasteiger partial charge in [0.15, 0.2) is 5.65 Å². The molecule has 0 amide bonds. The van der Waals surface area contributed by atoms with Gasteiger partial charge in [0.25, 0.3) is 0 Å². The lowest BCUT2D eigenvalue weighted by Gasteiger charge is -1.91. The molecule has 2 aromatic heterocycles. The van der Waals surface area contributed by atoms with Crippen molar-refractivity contribution in [2.24, 2.45) is 0 Å². The van der Waals surface area contributed by atoms with E-state index in [-0.39, 0.29) is 0 Å². The van der Waals surface area contributed by atoms with Crippen molar-refractivity contribution < 1.29 is 0 Å². The van der Waals surface area contributed by atoms with Crippen molar-refractivity contribution >= 4 is 11.5 Å². The Morgan fingerprint density at radius 2 is 2.08 bits per heavy atom. The van der Waals surface area contributed by atoms with Gasteiger partial charge >= 0.3 is 0 Å². The lowest BCUT2D eigenvalue weighted by Crippen LogP contribution is -1.91. The van der Waals surface area contributed by atoms with Crippen molar-refractivity contribution in [2.45, 2.75) is 13.8 Å². The summed E-state index contributed by atoms with van der Waals surface area (Å²) in [5.41, 5.74) is 6.33. The largest absolute Gasteiger partial charge is 0.383 e. The van der Waals surface area contributed by atoms with Crippen molar-refractivity contribution in [2.75, 3.05) is 5.73 Å². The molecule has 0 aliphatic heterocycles. The molecule has 0 saturated carbocycles. The fourth-order valence-electron chi connectivity index (χ4n) is 0.862. The summed E-state index contributed by atoms with van der Waals surface area (Å²) < 4.78 is 1.77. The zero-order valence-corrected chi connectivity index (χ0v) is 7.23. The number of nitrogens with two attached hydrogens (primary N) is 1. The molecule has 2 heterocycles. The monoisotopic (exact) mass is 164 g/mol. The molecule has 0 spiro atoms. The number of imidazole rings is 1. The molecule has 2 aromatic rings. The van der Waals surface area contributed by atoms with Crippen LogP contribution < -0.4 is 5.73 Å². The summed E-state index contributed by atoms with van der Waals surface area (Å²) >= 11 is 0. The Balaban J connectivity index is 0.000000336. The maximum Gasteiger partial charge on any atom is 0.156 e. The predicted octanol–water partition coefficient (Wildman–Crippen LogP) is 1.34. The summed E-state index contributed by atoms with van der Waals surface area (Å²) in [4.78, 5) is 7.88. The Morgan fingerprint density at radius 3 is 2.75 bits per heavy atom. The molecule has 0 radical (unpaired) electrons. The summed E-state index contributed by atoms with van der Waals surface area (Å²) in [6.07, 6.45) is 6.72. The number of nitrogen functional groups attached to an aromatic ring is 1. The fourth-order valence-corrected chi connectivity index (χ4v) is 0.862. The normalized spacial score (nSPS) is 9.17. The van der Waals surface area contributed by atoms with Crippen LogP contribution in [0.2, 0.25) is 0 Å². The van der Waals surface area contributed by atoms with Gasteiger partial charge in [0.2, 0.25) is 0 Å². The van der Waals surface area contributed by atoms with Gasteiger partial charge in [-0.25, -0.2) is 4.98 Å². The van der Waals surface area contributed by atoms with Gasteiger partial charge < -0.3 is 5.73 Å². The summed E-state index contributed by atoms with van der Waals surface area (Å²) in [6, 6.07) is 0. The van der Waals surface area contributed by atoms with Crippen molar-refractivity contribution in [3.8, 4) is 0 Å². The molecular weight excluding hydrogens is 152 g/mol. The second-order valence-electron chi connectivity index (χ2n) is 1.99. The molecule has 0 bridgehead atoms. The molecule has 0 aromatic carbocycles. The van der Waals surface area contributed by atoms with Crippen molar-refractivity contribution in [3.05, 3.63) is 24.8 Å². The average Bonchev–Trinajstić information content (AvgIpc) is 2.53. The Hall–Kier alpha value is -1.58.